The van der Waals surface area contributed by atoms with Crippen molar-refractivity contribution in [3.63, 3.8) is 0 Å². The van der Waals surface area contributed by atoms with E-state index in [2.05, 4.69) is 9.97 Å². The molecule has 2 aromatic rings. The number of methoxy groups -OCH3 is 1. The van der Waals surface area contributed by atoms with E-state index in [0.29, 0.717) is 12.8 Å². The van der Waals surface area contributed by atoms with Crippen molar-refractivity contribution in [2.24, 2.45) is 0 Å². The summed E-state index contributed by atoms with van der Waals surface area (Å²) in [7, 11) is -2.97. The molecule has 3 rings (SSSR count). The number of aromatic amines is 1. The molecule has 0 aromatic carbocycles. The summed E-state index contributed by atoms with van der Waals surface area (Å²) < 4.78 is 46.2. The third kappa shape index (κ3) is 5.33. The topological polar surface area (TPSA) is 156 Å². The third-order valence-corrected chi connectivity index (χ3v) is 10.2. The summed E-state index contributed by atoms with van der Waals surface area (Å²) in [5.41, 5.74) is -1.86. The van der Waals surface area contributed by atoms with Crippen molar-refractivity contribution in [1.82, 2.24) is 14.4 Å². The first-order valence-electron chi connectivity index (χ1n) is 12.1. The van der Waals surface area contributed by atoms with Gasteiger partial charge in [0.15, 0.2) is 5.34 Å². The van der Waals surface area contributed by atoms with Gasteiger partial charge in [-0.15, -0.1) is 0 Å². The Morgan fingerprint density at radius 2 is 1.89 bits per heavy atom. The number of aromatic nitrogens is 3. The summed E-state index contributed by atoms with van der Waals surface area (Å²) in [6.07, 6.45) is -2.95. The van der Waals surface area contributed by atoms with Crippen molar-refractivity contribution in [2.45, 2.75) is 95.7 Å². The standard InChI is InChI=1S/C23H35FN3O8PS/c1-7-22(5,33-6)36(31,32)35-23(8-2,9-3)10-14-15(28)16(29)17(34-14)13-11-27-18(24)12(4)19(30)25-21(27)26-20(13)37/h11,14-17,28-29H,7-10H2,1-6H3,(H,31,32)(H,25,26,30,37). The predicted octanol–water partition coefficient (Wildman–Crippen LogP) is 3.28. The smallest absolute Gasteiger partial charge is 0.359 e. The van der Waals surface area contributed by atoms with E-state index in [9.17, 15) is 28.9 Å². The molecule has 0 spiro atoms. The fraction of sp³-hybridized carbons (Fsp3) is 0.696. The number of aliphatic hydroxyl groups excluding tert-OH is 2. The molecule has 0 bridgehead atoms. The number of hydrogen-bond donors (Lipinski definition) is 4. The Morgan fingerprint density at radius 1 is 1.27 bits per heavy atom. The zero-order valence-electron chi connectivity index (χ0n) is 21.7. The van der Waals surface area contributed by atoms with Crippen LogP contribution in [0, 0.1) is 17.5 Å². The maximum Gasteiger partial charge on any atom is 0.359 e. The zero-order valence-corrected chi connectivity index (χ0v) is 23.4. The van der Waals surface area contributed by atoms with Crippen LogP contribution >= 0.6 is 19.8 Å². The normalized spacial score (nSPS) is 25.8. The minimum Gasteiger partial charge on any atom is -0.388 e. The Labute approximate surface area is 219 Å². The van der Waals surface area contributed by atoms with Gasteiger partial charge in [0.2, 0.25) is 11.7 Å². The van der Waals surface area contributed by atoms with Crippen molar-refractivity contribution >= 4 is 25.6 Å². The van der Waals surface area contributed by atoms with E-state index < -0.39 is 54.5 Å². The Morgan fingerprint density at radius 3 is 2.43 bits per heavy atom. The van der Waals surface area contributed by atoms with Crippen molar-refractivity contribution in [2.75, 3.05) is 7.11 Å². The molecular weight excluding hydrogens is 528 g/mol. The molecule has 1 aliphatic heterocycles. The van der Waals surface area contributed by atoms with Crippen LogP contribution in [0.2, 0.25) is 0 Å². The van der Waals surface area contributed by atoms with Crippen LogP contribution in [0.1, 0.15) is 70.6 Å². The highest BCUT2D eigenvalue weighted by atomic mass is 32.1. The van der Waals surface area contributed by atoms with Gasteiger partial charge in [-0.1, -0.05) is 33.0 Å². The molecule has 0 radical (unpaired) electrons. The van der Waals surface area contributed by atoms with E-state index >= 15 is 0 Å². The maximum absolute atomic E-state index is 14.8. The van der Waals surface area contributed by atoms with Gasteiger partial charge in [-0.2, -0.15) is 4.39 Å². The molecule has 1 aliphatic rings. The van der Waals surface area contributed by atoms with Gasteiger partial charge in [0.25, 0.3) is 5.56 Å². The fourth-order valence-corrected chi connectivity index (χ4v) is 6.37. The molecule has 6 unspecified atom stereocenters. The summed E-state index contributed by atoms with van der Waals surface area (Å²) in [5, 5.41) is 20.3. The van der Waals surface area contributed by atoms with Gasteiger partial charge < -0.3 is 24.6 Å². The lowest BCUT2D eigenvalue weighted by Gasteiger charge is -2.40. The largest absolute Gasteiger partial charge is 0.388 e. The van der Waals surface area contributed by atoms with Gasteiger partial charge in [-0.05, 0) is 33.1 Å². The summed E-state index contributed by atoms with van der Waals surface area (Å²) in [6.45, 7) is 8.08. The lowest BCUT2D eigenvalue weighted by atomic mass is 9.88. The van der Waals surface area contributed by atoms with Crippen LogP contribution in [0.5, 0.6) is 0 Å². The molecule has 4 N–H and O–H groups in total. The van der Waals surface area contributed by atoms with Gasteiger partial charge in [0.1, 0.15) is 23.0 Å². The quantitative estimate of drug-likeness (QED) is 0.192. The number of rotatable bonds is 10. The summed E-state index contributed by atoms with van der Waals surface area (Å²) in [4.78, 5) is 29.2. The minimum absolute atomic E-state index is 0.0233. The molecule has 3 heterocycles. The number of nitrogens with one attached hydrogen (secondary N) is 1. The van der Waals surface area contributed by atoms with Crippen LogP contribution in [-0.2, 0) is 18.6 Å². The van der Waals surface area contributed by atoms with Crippen molar-refractivity contribution in [1.29, 1.82) is 0 Å². The second kappa shape index (κ2) is 10.9. The molecule has 0 amide bonds. The molecule has 2 aromatic heterocycles. The number of ether oxygens (including phenoxy) is 2. The number of aliphatic hydroxyl groups is 2. The molecule has 6 atom stereocenters. The Hall–Kier alpha value is -1.57. The molecular formula is C23H35FN3O8PS. The number of halogens is 1. The van der Waals surface area contributed by atoms with Gasteiger partial charge in [-0.25, -0.2) is 4.98 Å². The molecule has 208 valence electrons. The highest BCUT2D eigenvalue weighted by Crippen LogP contribution is 2.61. The van der Waals surface area contributed by atoms with Crippen molar-refractivity contribution in [3.05, 3.63) is 38.3 Å². The summed E-state index contributed by atoms with van der Waals surface area (Å²) in [5.74, 6) is -0.973. The molecule has 0 saturated carbocycles. The second-order valence-electron chi connectivity index (χ2n) is 9.58. The molecule has 1 saturated heterocycles. The highest BCUT2D eigenvalue weighted by molar-refractivity contribution is 7.71. The number of fused-ring (bicyclic) bond motifs is 1. The molecule has 0 aliphatic carbocycles. The van der Waals surface area contributed by atoms with Crippen LogP contribution in [0.3, 0.4) is 0 Å². The maximum atomic E-state index is 14.8. The number of hydrogen-bond acceptors (Lipinski definition) is 9. The van der Waals surface area contributed by atoms with E-state index in [1.807, 2.05) is 0 Å². The zero-order chi connectivity index (χ0) is 27.9. The average Bonchev–Trinajstić information content (AvgIpc) is 3.13. The van der Waals surface area contributed by atoms with Crippen LogP contribution in [0.15, 0.2) is 11.0 Å². The van der Waals surface area contributed by atoms with Crippen LogP contribution in [-0.4, -0.2) is 65.8 Å². The van der Waals surface area contributed by atoms with E-state index in [1.54, 1.807) is 20.8 Å². The monoisotopic (exact) mass is 563 g/mol. The predicted molar refractivity (Wildman–Crippen MR) is 136 cm³/mol. The van der Waals surface area contributed by atoms with Crippen molar-refractivity contribution < 1.29 is 38.1 Å². The molecule has 14 heteroatoms. The molecule has 11 nitrogen and oxygen atoms in total. The Bertz CT molecular complexity index is 1310. The van der Waals surface area contributed by atoms with Crippen molar-refractivity contribution in [3.8, 4) is 0 Å². The third-order valence-electron chi connectivity index (χ3n) is 7.58. The summed E-state index contributed by atoms with van der Waals surface area (Å²) >= 11 is 5.31. The van der Waals surface area contributed by atoms with E-state index in [4.69, 9.17) is 26.2 Å². The second-order valence-corrected chi connectivity index (χ2v) is 12.1. The van der Waals surface area contributed by atoms with E-state index in [-0.39, 0.29) is 34.4 Å². The first-order chi connectivity index (χ1) is 17.2. The minimum atomic E-state index is -4.31. The number of H-pyrrole nitrogens is 1. The fourth-order valence-electron chi connectivity index (χ4n) is 4.44. The SMILES string of the molecule is CCC(CC)(CC1OC(c2cn3c(F)c(C)c(=O)[nH]c3nc2=S)C(O)C1O)OP(=O)(O)C(C)(CC)OC. The first-order valence-corrected chi connectivity index (χ1v) is 14.1. The first kappa shape index (κ1) is 30.0. The van der Waals surface area contributed by atoms with E-state index in [1.165, 1.54) is 27.2 Å². The number of nitrogens with zero attached hydrogens (tertiary/aromatic N) is 2. The molecule has 1 fully saturated rings. The van der Waals surface area contributed by atoms with Crippen LogP contribution in [0.25, 0.3) is 5.78 Å². The lowest BCUT2D eigenvalue weighted by Crippen LogP contribution is -2.42. The lowest BCUT2D eigenvalue weighted by molar-refractivity contribution is -0.0644. The van der Waals surface area contributed by atoms with Crippen LogP contribution in [0.4, 0.5) is 4.39 Å². The van der Waals surface area contributed by atoms with Gasteiger partial charge in [-0.3, -0.25) is 23.3 Å². The average molecular weight is 564 g/mol. The Balaban J connectivity index is 1.96. The summed E-state index contributed by atoms with van der Waals surface area (Å²) in [6, 6.07) is 0. The van der Waals surface area contributed by atoms with Gasteiger partial charge in [0.05, 0.1) is 17.3 Å². The van der Waals surface area contributed by atoms with Gasteiger partial charge >= 0.3 is 7.60 Å². The van der Waals surface area contributed by atoms with E-state index in [0.717, 1.165) is 4.40 Å². The van der Waals surface area contributed by atoms with Crippen LogP contribution < -0.4 is 5.56 Å². The van der Waals surface area contributed by atoms with Gasteiger partial charge in [0, 0.05) is 25.3 Å². The molecule has 37 heavy (non-hydrogen) atoms. The highest BCUT2D eigenvalue weighted by Gasteiger charge is 2.52. The Kier molecular flexibility index (Phi) is 8.83.